The quantitative estimate of drug-likeness (QED) is 0.0801. The molecule has 0 atom stereocenters. The maximum Gasteiger partial charge on any atom is 0.247 e. The number of hydrogen-bond donors (Lipinski definition) is 1. The van der Waals surface area contributed by atoms with Crippen molar-refractivity contribution in [2.45, 2.75) is 111 Å². The van der Waals surface area contributed by atoms with E-state index in [1.54, 1.807) is 0 Å². The first kappa shape index (κ1) is 33.0. The molecule has 0 aliphatic carbocycles. The Bertz CT molecular complexity index is 635. The van der Waals surface area contributed by atoms with Gasteiger partial charge in [-0.2, -0.15) is 0 Å². The molecule has 1 aliphatic rings. The lowest BCUT2D eigenvalue weighted by Gasteiger charge is -2.11. The molecule has 1 N–H and O–H groups in total. The molecule has 0 amide bonds. The molecule has 8 heteroatoms. The van der Waals surface area contributed by atoms with Gasteiger partial charge < -0.3 is 9.66 Å². The van der Waals surface area contributed by atoms with Crippen molar-refractivity contribution in [2.75, 3.05) is 39.4 Å². The van der Waals surface area contributed by atoms with E-state index in [4.69, 9.17) is 0 Å². The first-order valence-electron chi connectivity index (χ1n) is 13.6. The van der Waals surface area contributed by atoms with Gasteiger partial charge in [-0.05, 0) is 46.0 Å². The minimum absolute atomic E-state index is 0.0914. The second kappa shape index (κ2) is 22.5. The lowest BCUT2D eigenvalue weighted by atomic mass is 10.1. The second-order valence-electron chi connectivity index (χ2n) is 8.86. The van der Waals surface area contributed by atoms with Crippen molar-refractivity contribution in [1.29, 1.82) is 0 Å². The van der Waals surface area contributed by atoms with Gasteiger partial charge in [0, 0.05) is 6.42 Å². The molecule has 1 heterocycles. The third-order valence-electron chi connectivity index (χ3n) is 6.05. The summed E-state index contributed by atoms with van der Waals surface area (Å²) >= 11 is 0. The average Bonchev–Trinajstić information content (AvgIpc) is 3.18. The van der Waals surface area contributed by atoms with E-state index in [0.29, 0.717) is 0 Å². The topological polar surface area (TPSA) is 92.9 Å². The number of nitrogens with zero attached hydrogens (tertiary/aromatic N) is 2. The molecule has 0 spiro atoms. The van der Waals surface area contributed by atoms with E-state index in [2.05, 4.69) is 39.7 Å². The summed E-state index contributed by atoms with van der Waals surface area (Å²) < 4.78 is 34.4. The summed E-state index contributed by atoms with van der Waals surface area (Å²) in [5.41, 5.74) is 0. The zero-order valence-corrected chi connectivity index (χ0v) is 23.0. The van der Waals surface area contributed by atoms with Crippen LogP contribution >= 0.6 is 0 Å². The normalized spacial score (nSPS) is 14.2. The Morgan fingerprint density at radius 2 is 1.50 bits per heavy atom. The molecule has 0 radical (unpaired) electrons. The molecule has 7 nitrogen and oxygen atoms in total. The van der Waals surface area contributed by atoms with Crippen LogP contribution in [0.25, 0.3) is 0 Å². The number of β-amino-alcohol motifs (C(OH)–C–C–N with tert-alkyl or cyclic N) is 1. The molecule has 0 aromatic heterocycles. The van der Waals surface area contributed by atoms with E-state index < -0.39 is 10.4 Å². The SMILES string of the molecule is CCCCCCCC/C=C\CCCCCCCC1=[N+](CCO)CCN1CC.CCOS(=O)(=O)[O-]. The zero-order valence-electron chi connectivity index (χ0n) is 22.2. The number of hydrogen-bond acceptors (Lipinski definition) is 6. The third-order valence-corrected chi connectivity index (χ3v) is 6.57. The van der Waals surface area contributed by atoms with Crippen LogP contribution in [0.4, 0.5) is 0 Å². The number of unbranched alkanes of at least 4 members (excludes halogenated alkanes) is 11. The molecule has 0 saturated heterocycles. The average molecular weight is 505 g/mol. The van der Waals surface area contributed by atoms with Gasteiger partial charge in [-0.15, -0.1) is 0 Å². The Morgan fingerprint density at radius 3 is 1.97 bits per heavy atom. The molecule has 0 aromatic carbocycles. The largest absolute Gasteiger partial charge is 0.726 e. The summed E-state index contributed by atoms with van der Waals surface area (Å²) in [7, 11) is -4.42. The van der Waals surface area contributed by atoms with Crippen molar-refractivity contribution in [3.05, 3.63) is 12.2 Å². The summed E-state index contributed by atoms with van der Waals surface area (Å²) in [5.74, 6) is 1.48. The highest BCUT2D eigenvalue weighted by Crippen LogP contribution is 2.13. The van der Waals surface area contributed by atoms with Crippen molar-refractivity contribution in [1.82, 2.24) is 4.90 Å². The lowest BCUT2D eigenvalue weighted by Crippen LogP contribution is -2.30. The van der Waals surface area contributed by atoms with Gasteiger partial charge in [-0.25, -0.2) is 8.42 Å². The van der Waals surface area contributed by atoms with Crippen LogP contribution in [0, 0.1) is 0 Å². The second-order valence-corrected chi connectivity index (χ2v) is 9.91. The molecule has 0 bridgehead atoms. The van der Waals surface area contributed by atoms with Crippen LogP contribution in [0.2, 0.25) is 0 Å². The highest BCUT2D eigenvalue weighted by molar-refractivity contribution is 7.80. The van der Waals surface area contributed by atoms with Gasteiger partial charge in [0.25, 0.3) is 0 Å². The number of allylic oxidation sites excluding steroid dienone is 2. The maximum absolute atomic E-state index is 9.45. The number of aliphatic hydroxyl groups excluding tert-OH is 1. The summed E-state index contributed by atoms with van der Waals surface area (Å²) in [6.07, 6.45) is 23.7. The molecule has 34 heavy (non-hydrogen) atoms. The number of likely N-dealkylation sites (N-methyl/N-ethyl adjacent to an activating group) is 1. The Balaban J connectivity index is 0.00000135. The fourth-order valence-electron chi connectivity index (χ4n) is 4.22. The van der Waals surface area contributed by atoms with Gasteiger partial charge in [-0.1, -0.05) is 70.4 Å². The Hall–Kier alpha value is -0.960. The highest BCUT2D eigenvalue weighted by atomic mass is 32.3. The molecule has 202 valence electrons. The van der Waals surface area contributed by atoms with E-state index in [0.717, 1.165) is 26.2 Å². The van der Waals surface area contributed by atoms with Crippen LogP contribution in [0.1, 0.15) is 111 Å². The zero-order chi connectivity index (χ0) is 25.5. The molecule has 0 aromatic rings. The molecular weight excluding hydrogens is 452 g/mol. The van der Waals surface area contributed by atoms with Crippen LogP contribution < -0.4 is 0 Å². The smallest absolute Gasteiger partial charge is 0.247 e. The molecule has 0 saturated carbocycles. The van der Waals surface area contributed by atoms with E-state index >= 15 is 0 Å². The van der Waals surface area contributed by atoms with E-state index in [1.807, 2.05) is 0 Å². The maximum atomic E-state index is 9.45. The fraction of sp³-hybridized carbons (Fsp3) is 0.885. The van der Waals surface area contributed by atoms with Gasteiger partial charge in [0.1, 0.15) is 19.6 Å². The van der Waals surface area contributed by atoms with Gasteiger partial charge in [0.15, 0.2) is 0 Å². The van der Waals surface area contributed by atoms with Crippen molar-refractivity contribution < 1.29 is 26.8 Å². The predicted molar refractivity (Wildman–Crippen MR) is 140 cm³/mol. The van der Waals surface area contributed by atoms with E-state index in [9.17, 15) is 18.1 Å². The molecule has 0 fully saturated rings. The van der Waals surface area contributed by atoms with Crippen molar-refractivity contribution in [2.24, 2.45) is 0 Å². The van der Waals surface area contributed by atoms with Crippen molar-refractivity contribution in [3.8, 4) is 0 Å². The van der Waals surface area contributed by atoms with Crippen LogP contribution in [0.15, 0.2) is 12.2 Å². The Morgan fingerprint density at radius 1 is 0.941 bits per heavy atom. The van der Waals surface area contributed by atoms with Gasteiger partial charge in [0.05, 0.1) is 19.8 Å². The molecule has 1 aliphatic heterocycles. The summed E-state index contributed by atoms with van der Waals surface area (Å²) in [5, 5.41) is 9.23. The van der Waals surface area contributed by atoms with Crippen LogP contribution in [0.5, 0.6) is 0 Å². The van der Waals surface area contributed by atoms with Gasteiger partial charge in [-0.3, -0.25) is 13.7 Å². The monoisotopic (exact) mass is 504 g/mol. The third kappa shape index (κ3) is 19.4. The summed E-state index contributed by atoms with van der Waals surface area (Å²) in [6, 6.07) is 0. The van der Waals surface area contributed by atoms with E-state index in [-0.39, 0.29) is 13.2 Å². The standard InChI is InChI=1S/C24H47N2O.C2H6O4S/c1-3-5-6-7-8-9-10-11-12-13-14-15-16-17-18-19-24-25(4-2)20-21-26(24)22-23-27;1-2-6-7(3,4)5/h11-12,27H,3-10,13-23H2,1-2H3;2H2,1H3,(H,3,4,5)/q+1;/p-1/b12-11-;. The number of rotatable bonds is 20. The van der Waals surface area contributed by atoms with Crippen molar-refractivity contribution >= 4 is 16.2 Å². The summed E-state index contributed by atoms with van der Waals surface area (Å²) in [4.78, 5) is 2.49. The van der Waals surface area contributed by atoms with Crippen LogP contribution in [-0.2, 0) is 14.6 Å². The molecule has 1 rings (SSSR count). The summed E-state index contributed by atoms with van der Waals surface area (Å²) in [6.45, 7) is 10.3. The fourth-order valence-corrected chi connectivity index (χ4v) is 4.50. The highest BCUT2D eigenvalue weighted by Gasteiger charge is 2.27. The lowest BCUT2D eigenvalue weighted by molar-refractivity contribution is -0.521. The minimum Gasteiger partial charge on any atom is -0.726 e. The van der Waals surface area contributed by atoms with Gasteiger partial charge >= 0.3 is 0 Å². The number of amidine groups is 1. The predicted octanol–water partition coefficient (Wildman–Crippen LogP) is 5.25. The molecule has 0 unspecified atom stereocenters. The van der Waals surface area contributed by atoms with Gasteiger partial charge in [0.2, 0.25) is 16.2 Å². The van der Waals surface area contributed by atoms with Crippen LogP contribution in [0.3, 0.4) is 0 Å². The van der Waals surface area contributed by atoms with E-state index in [1.165, 1.54) is 103 Å². The van der Waals surface area contributed by atoms with Crippen molar-refractivity contribution in [3.63, 3.8) is 0 Å². The first-order valence-corrected chi connectivity index (χ1v) is 14.9. The molecular formula is C26H52N2O5S. The minimum atomic E-state index is -4.42. The Kier molecular flexibility index (Phi) is 21.9. The Labute approximate surface area is 210 Å². The first-order chi connectivity index (χ1) is 16.4. The number of aliphatic hydroxyl groups is 1. The van der Waals surface area contributed by atoms with Crippen LogP contribution in [-0.4, -0.2) is 72.8 Å².